The summed E-state index contributed by atoms with van der Waals surface area (Å²) in [7, 11) is 0. The minimum atomic E-state index is -0.137. The number of carbonyl (C=O) groups is 2. The molecule has 0 radical (unpaired) electrons. The Morgan fingerprint density at radius 2 is 1.90 bits per heavy atom. The Morgan fingerprint density at radius 1 is 1.25 bits per heavy atom. The Hall–Kier alpha value is -1.40. The fourth-order valence-electron chi connectivity index (χ4n) is 2.25. The maximum Gasteiger partial charge on any atom is 0.237 e. The summed E-state index contributed by atoms with van der Waals surface area (Å²) in [5.74, 6) is 0.0970. The molecule has 1 aliphatic rings. The highest BCUT2D eigenvalue weighted by atomic mass is 16.2. The largest absolute Gasteiger partial charge is 0.355 e. The van der Waals surface area contributed by atoms with E-state index in [4.69, 9.17) is 0 Å². The SMILES string of the molecule is C=CCNC(=O)C(C)N1CCN(CC(=O)NCC)CC1. The first kappa shape index (κ1) is 16.7. The molecule has 1 saturated heterocycles. The molecule has 0 bridgehead atoms. The summed E-state index contributed by atoms with van der Waals surface area (Å²) in [5, 5.41) is 5.61. The van der Waals surface area contributed by atoms with Crippen LogP contribution in [0.1, 0.15) is 13.8 Å². The second-order valence-corrected chi connectivity index (χ2v) is 4.98. The monoisotopic (exact) mass is 282 g/mol. The molecule has 0 saturated carbocycles. The fourth-order valence-corrected chi connectivity index (χ4v) is 2.25. The molecule has 6 heteroatoms. The first-order chi connectivity index (χ1) is 9.58. The molecule has 0 aromatic heterocycles. The van der Waals surface area contributed by atoms with Gasteiger partial charge in [-0.05, 0) is 13.8 Å². The smallest absolute Gasteiger partial charge is 0.237 e. The molecular weight excluding hydrogens is 256 g/mol. The van der Waals surface area contributed by atoms with E-state index in [0.717, 1.165) is 26.2 Å². The van der Waals surface area contributed by atoms with Gasteiger partial charge in [-0.25, -0.2) is 0 Å². The van der Waals surface area contributed by atoms with Gasteiger partial charge in [-0.2, -0.15) is 0 Å². The number of rotatable bonds is 7. The molecule has 0 aliphatic carbocycles. The van der Waals surface area contributed by atoms with Crippen molar-refractivity contribution in [1.82, 2.24) is 20.4 Å². The van der Waals surface area contributed by atoms with Crippen LogP contribution >= 0.6 is 0 Å². The first-order valence-corrected chi connectivity index (χ1v) is 7.20. The van der Waals surface area contributed by atoms with Crippen LogP contribution in [0.5, 0.6) is 0 Å². The van der Waals surface area contributed by atoms with Crippen molar-refractivity contribution in [2.45, 2.75) is 19.9 Å². The van der Waals surface area contributed by atoms with Crippen LogP contribution in [0.3, 0.4) is 0 Å². The lowest BCUT2D eigenvalue weighted by Gasteiger charge is -2.37. The summed E-state index contributed by atoms with van der Waals surface area (Å²) < 4.78 is 0. The van der Waals surface area contributed by atoms with Crippen LogP contribution in [-0.2, 0) is 9.59 Å². The second kappa shape index (κ2) is 8.71. The van der Waals surface area contributed by atoms with Gasteiger partial charge in [-0.15, -0.1) is 6.58 Å². The lowest BCUT2D eigenvalue weighted by Crippen LogP contribution is -2.55. The van der Waals surface area contributed by atoms with E-state index in [0.29, 0.717) is 19.6 Å². The van der Waals surface area contributed by atoms with Crippen molar-refractivity contribution in [2.24, 2.45) is 0 Å². The van der Waals surface area contributed by atoms with E-state index in [1.54, 1.807) is 6.08 Å². The molecule has 1 unspecified atom stereocenters. The molecular formula is C14H26N4O2. The van der Waals surface area contributed by atoms with E-state index in [9.17, 15) is 9.59 Å². The highest BCUT2D eigenvalue weighted by Gasteiger charge is 2.25. The number of likely N-dealkylation sites (N-methyl/N-ethyl adjacent to an activating group) is 1. The highest BCUT2D eigenvalue weighted by Crippen LogP contribution is 2.06. The molecule has 1 aliphatic heterocycles. The van der Waals surface area contributed by atoms with Gasteiger partial charge in [0.25, 0.3) is 0 Å². The van der Waals surface area contributed by atoms with Crippen molar-refractivity contribution >= 4 is 11.8 Å². The van der Waals surface area contributed by atoms with Crippen molar-refractivity contribution in [3.8, 4) is 0 Å². The minimum absolute atomic E-state index is 0.0297. The van der Waals surface area contributed by atoms with E-state index >= 15 is 0 Å². The van der Waals surface area contributed by atoms with Crippen LogP contribution in [0.2, 0.25) is 0 Å². The van der Waals surface area contributed by atoms with Crippen LogP contribution in [-0.4, -0.2) is 73.5 Å². The summed E-state index contributed by atoms with van der Waals surface area (Å²) in [6.45, 7) is 12.3. The Balaban J connectivity index is 2.32. The van der Waals surface area contributed by atoms with Gasteiger partial charge >= 0.3 is 0 Å². The predicted octanol–water partition coefficient (Wildman–Crippen LogP) is -0.569. The highest BCUT2D eigenvalue weighted by molar-refractivity contribution is 5.81. The van der Waals surface area contributed by atoms with Crippen molar-refractivity contribution in [3.63, 3.8) is 0 Å². The van der Waals surface area contributed by atoms with E-state index in [2.05, 4.69) is 27.0 Å². The summed E-state index contributed by atoms with van der Waals surface area (Å²) in [5.41, 5.74) is 0. The van der Waals surface area contributed by atoms with Crippen LogP contribution in [0.4, 0.5) is 0 Å². The molecule has 0 spiro atoms. The molecule has 2 N–H and O–H groups in total. The van der Waals surface area contributed by atoms with Gasteiger partial charge in [0.05, 0.1) is 12.6 Å². The first-order valence-electron chi connectivity index (χ1n) is 7.20. The summed E-state index contributed by atoms with van der Waals surface area (Å²) in [6, 6.07) is -0.137. The Kier molecular flexibility index (Phi) is 7.25. The third-order valence-electron chi connectivity index (χ3n) is 3.50. The quantitative estimate of drug-likeness (QED) is 0.614. The van der Waals surface area contributed by atoms with Crippen molar-refractivity contribution in [2.75, 3.05) is 45.8 Å². The van der Waals surface area contributed by atoms with Gasteiger partial charge in [0.15, 0.2) is 0 Å². The molecule has 1 fully saturated rings. The minimum Gasteiger partial charge on any atom is -0.355 e. The lowest BCUT2D eigenvalue weighted by atomic mass is 10.2. The van der Waals surface area contributed by atoms with Gasteiger partial charge in [0.1, 0.15) is 0 Å². The Labute approximate surface area is 121 Å². The summed E-state index contributed by atoms with van der Waals surface area (Å²) in [4.78, 5) is 27.6. The number of amides is 2. The van der Waals surface area contributed by atoms with Crippen LogP contribution < -0.4 is 10.6 Å². The van der Waals surface area contributed by atoms with Gasteiger partial charge in [-0.1, -0.05) is 6.08 Å². The standard InChI is InChI=1S/C14H26N4O2/c1-4-6-16-14(20)12(3)18-9-7-17(8-10-18)11-13(19)15-5-2/h4,12H,1,5-11H2,2-3H3,(H,15,19)(H,16,20). The zero-order chi connectivity index (χ0) is 15.0. The molecule has 1 heterocycles. The zero-order valence-corrected chi connectivity index (χ0v) is 12.5. The van der Waals surface area contributed by atoms with Gasteiger partial charge < -0.3 is 10.6 Å². The number of nitrogens with one attached hydrogen (secondary N) is 2. The maximum atomic E-state index is 11.9. The molecule has 114 valence electrons. The topological polar surface area (TPSA) is 64.7 Å². The third-order valence-corrected chi connectivity index (χ3v) is 3.50. The summed E-state index contributed by atoms with van der Waals surface area (Å²) >= 11 is 0. The predicted molar refractivity (Wildman–Crippen MR) is 79.4 cm³/mol. The number of piperazine rings is 1. The zero-order valence-electron chi connectivity index (χ0n) is 12.5. The van der Waals surface area contributed by atoms with Gasteiger partial charge in [0, 0.05) is 39.3 Å². The molecule has 1 rings (SSSR count). The molecule has 0 aromatic rings. The van der Waals surface area contributed by atoms with Crippen LogP contribution in [0, 0.1) is 0 Å². The molecule has 1 atom stereocenters. The average molecular weight is 282 g/mol. The van der Waals surface area contributed by atoms with E-state index in [1.165, 1.54) is 0 Å². The number of nitrogens with zero attached hydrogens (tertiary/aromatic N) is 2. The van der Waals surface area contributed by atoms with E-state index in [-0.39, 0.29) is 17.9 Å². The van der Waals surface area contributed by atoms with Gasteiger partial charge in [-0.3, -0.25) is 19.4 Å². The normalized spacial score (nSPS) is 18.3. The number of carbonyl (C=O) groups excluding carboxylic acids is 2. The third kappa shape index (κ3) is 5.30. The Morgan fingerprint density at radius 3 is 2.45 bits per heavy atom. The molecule has 20 heavy (non-hydrogen) atoms. The van der Waals surface area contributed by atoms with Crippen LogP contribution in [0.25, 0.3) is 0 Å². The Bertz CT molecular complexity index is 338. The van der Waals surface area contributed by atoms with E-state index in [1.807, 2.05) is 13.8 Å². The maximum absolute atomic E-state index is 11.9. The van der Waals surface area contributed by atoms with Gasteiger partial charge in [0.2, 0.25) is 11.8 Å². The average Bonchev–Trinajstić information content (AvgIpc) is 2.45. The lowest BCUT2D eigenvalue weighted by molar-refractivity contribution is -0.127. The molecule has 2 amide bonds. The number of hydrogen-bond donors (Lipinski definition) is 2. The molecule has 0 aromatic carbocycles. The van der Waals surface area contributed by atoms with Crippen molar-refractivity contribution in [1.29, 1.82) is 0 Å². The summed E-state index contributed by atoms with van der Waals surface area (Å²) in [6.07, 6.45) is 1.68. The second-order valence-electron chi connectivity index (χ2n) is 4.98. The van der Waals surface area contributed by atoms with Crippen molar-refractivity contribution < 1.29 is 9.59 Å². The fraction of sp³-hybridized carbons (Fsp3) is 0.714. The van der Waals surface area contributed by atoms with Crippen LogP contribution in [0.15, 0.2) is 12.7 Å². The number of hydrogen-bond acceptors (Lipinski definition) is 4. The van der Waals surface area contributed by atoms with Crippen molar-refractivity contribution in [3.05, 3.63) is 12.7 Å². The molecule has 6 nitrogen and oxygen atoms in total. The van der Waals surface area contributed by atoms with E-state index < -0.39 is 0 Å².